The van der Waals surface area contributed by atoms with Gasteiger partial charge in [0.2, 0.25) is 10.0 Å². The number of aromatic nitrogens is 2. The lowest BCUT2D eigenvalue weighted by Gasteiger charge is -2.21. The zero-order valence-electron chi connectivity index (χ0n) is 12.6. The average Bonchev–Trinajstić information content (AvgIpc) is 2.81. The molecule has 8 nitrogen and oxygen atoms in total. The van der Waals surface area contributed by atoms with Gasteiger partial charge >= 0.3 is 0 Å². The zero-order chi connectivity index (χ0) is 16.2. The summed E-state index contributed by atoms with van der Waals surface area (Å²) in [4.78, 5) is 12.0. The van der Waals surface area contributed by atoms with Crippen molar-refractivity contribution in [3.8, 4) is 0 Å². The number of rotatable bonds is 7. The second kappa shape index (κ2) is 7.01. The Bertz CT molecular complexity index is 594. The highest BCUT2D eigenvalue weighted by Gasteiger charge is 2.28. The fourth-order valence-corrected chi connectivity index (χ4v) is 2.83. The molecule has 1 aromatic heterocycles. The maximum absolute atomic E-state index is 12.3. The third-order valence-corrected chi connectivity index (χ3v) is 4.12. The van der Waals surface area contributed by atoms with Crippen molar-refractivity contribution in [2.24, 2.45) is 11.1 Å². The normalized spacial score (nSPS) is 13.4. The van der Waals surface area contributed by atoms with E-state index < -0.39 is 15.9 Å². The summed E-state index contributed by atoms with van der Waals surface area (Å²) in [5.74, 6) is -0.470. The van der Waals surface area contributed by atoms with E-state index in [1.165, 1.54) is 7.11 Å². The minimum atomic E-state index is -4.03. The van der Waals surface area contributed by atoms with E-state index in [2.05, 4.69) is 15.5 Å². The number of carbonyl (C=O) groups is 1. The Morgan fingerprint density at radius 3 is 2.52 bits per heavy atom. The molecule has 0 radical (unpaired) electrons. The van der Waals surface area contributed by atoms with Crippen molar-refractivity contribution in [2.45, 2.75) is 38.1 Å². The number of hydrogen-bond acceptors (Lipinski definition) is 5. The van der Waals surface area contributed by atoms with Gasteiger partial charge in [-0.05, 0) is 12.3 Å². The van der Waals surface area contributed by atoms with Crippen molar-refractivity contribution in [1.82, 2.24) is 15.5 Å². The topological polar surface area (TPSA) is 127 Å². The molecule has 0 saturated carbocycles. The van der Waals surface area contributed by atoms with Gasteiger partial charge in [-0.25, -0.2) is 13.6 Å². The molecule has 1 heterocycles. The van der Waals surface area contributed by atoms with Crippen LogP contribution in [0.4, 0.5) is 0 Å². The van der Waals surface area contributed by atoms with E-state index in [4.69, 9.17) is 9.88 Å². The van der Waals surface area contributed by atoms with Crippen LogP contribution in [0.5, 0.6) is 0 Å². The molecule has 21 heavy (non-hydrogen) atoms. The predicted molar refractivity (Wildman–Crippen MR) is 77.3 cm³/mol. The van der Waals surface area contributed by atoms with E-state index in [1.807, 2.05) is 13.8 Å². The molecule has 0 aliphatic carbocycles. The summed E-state index contributed by atoms with van der Waals surface area (Å²) in [6.07, 6.45) is 0.373. The molecule has 1 aromatic rings. The molecule has 1 unspecified atom stereocenters. The van der Waals surface area contributed by atoms with Gasteiger partial charge in [-0.15, -0.1) is 0 Å². The summed E-state index contributed by atoms with van der Waals surface area (Å²) < 4.78 is 28.4. The Morgan fingerprint density at radius 1 is 1.48 bits per heavy atom. The smallest absolute Gasteiger partial charge is 0.273 e. The Balaban J connectivity index is 3.11. The highest BCUT2D eigenvalue weighted by Crippen LogP contribution is 2.17. The van der Waals surface area contributed by atoms with E-state index in [-0.39, 0.29) is 22.5 Å². The summed E-state index contributed by atoms with van der Waals surface area (Å²) >= 11 is 0. The molecule has 0 aromatic carbocycles. The molecule has 4 N–H and O–H groups in total. The van der Waals surface area contributed by atoms with Crippen LogP contribution < -0.4 is 10.5 Å². The molecule has 120 valence electrons. The van der Waals surface area contributed by atoms with E-state index in [1.54, 1.807) is 6.92 Å². The highest BCUT2D eigenvalue weighted by molar-refractivity contribution is 7.89. The van der Waals surface area contributed by atoms with Gasteiger partial charge in [-0.1, -0.05) is 20.8 Å². The van der Waals surface area contributed by atoms with Crippen molar-refractivity contribution in [1.29, 1.82) is 0 Å². The van der Waals surface area contributed by atoms with Gasteiger partial charge in [-0.3, -0.25) is 9.89 Å². The molecular formula is C12H22N4O4S. The van der Waals surface area contributed by atoms with Crippen LogP contribution in [0.15, 0.2) is 4.90 Å². The third-order valence-electron chi connectivity index (χ3n) is 3.11. The van der Waals surface area contributed by atoms with E-state index in [0.717, 1.165) is 0 Å². The van der Waals surface area contributed by atoms with E-state index in [0.29, 0.717) is 18.7 Å². The van der Waals surface area contributed by atoms with Crippen molar-refractivity contribution >= 4 is 15.9 Å². The number of sulfonamides is 1. The first-order chi connectivity index (χ1) is 9.72. The van der Waals surface area contributed by atoms with Gasteiger partial charge in [0, 0.05) is 7.11 Å². The van der Waals surface area contributed by atoms with Crippen molar-refractivity contribution in [3.05, 3.63) is 11.4 Å². The van der Waals surface area contributed by atoms with Gasteiger partial charge in [0.25, 0.3) is 5.91 Å². The SMILES string of the molecule is CCc1[nH]nc(C(=O)NC(COC)C(C)C)c1S(N)(=O)=O. The lowest BCUT2D eigenvalue weighted by molar-refractivity contribution is 0.0858. The highest BCUT2D eigenvalue weighted by atomic mass is 32.2. The summed E-state index contributed by atoms with van der Waals surface area (Å²) in [5.41, 5.74) is 0.103. The number of H-pyrrole nitrogens is 1. The van der Waals surface area contributed by atoms with E-state index in [9.17, 15) is 13.2 Å². The number of amides is 1. The van der Waals surface area contributed by atoms with Gasteiger partial charge in [0.15, 0.2) is 5.69 Å². The van der Waals surface area contributed by atoms with Crippen LogP contribution in [-0.2, 0) is 21.2 Å². The second-order valence-corrected chi connectivity index (χ2v) is 6.56. The van der Waals surface area contributed by atoms with E-state index >= 15 is 0 Å². The zero-order valence-corrected chi connectivity index (χ0v) is 13.5. The summed E-state index contributed by atoms with van der Waals surface area (Å²) in [7, 11) is -2.50. The Labute approximate surface area is 124 Å². The molecule has 9 heteroatoms. The summed E-state index contributed by atoms with van der Waals surface area (Å²) in [5, 5.41) is 14.2. The van der Waals surface area contributed by atoms with Gasteiger partial charge < -0.3 is 10.1 Å². The Hall–Kier alpha value is -1.45. The monoisotopic (exact) mass is 318 g/mol. The number of nitrogens with one attached hydrogen (secondary N) is 2. The molecular weight excluding hydrogens is 296 g/mol. The third kappa shape index (κ3) is 4.26. The first kappa shape index (κ1) is 17.6. The maximum atomic E-state index is 12.3. The van der Waals surface area contributed by atoms with Crippen molar-refractivity contribution < 1.29 is 17.9 Å². The largest absolute Gasteiger partial charge is 0.383 e. The van der Waals surface area contributed by atoms with Crippen molar-refractivity contribution in [2.75, 3.05) is 13.7 Å². The molecule has 1 atom stereocenters. The number of ether oxygens (including phenoxy) is 1. The van der Waals surface area contributed by atoms with Crippen LogP contribution in [-0.4, -0.2) is 44.3 Å². The van der Waals surface area contributed by atoms with Crippen LogP contribution in [0.2, 0.25) is 0 Å². The van der Waals surface area contributed by atoms with Crippen LogP contribution in [0.25, 0.3) is 0 Å². The van der Waals surface area contributed by atoms with Gasteiger partial charge in [-0.2, -0.15) is 5.10 Å². The molecule has 0 aliphatic rings. The second-order valence-electron chi connectivity index (χ2n) is 5.06. The molecule has 1 amide bonds. The minimum Gasteiger partial charge on any atom is -0.383 e. The summed E-state index contributed by atoms with van der Waals surface area (Å²) in [6, 6.07) is -0.252. The molecule has 0 spiro atoms. The van der Waals surface area contributed by atoms with Crippen LogP contribution >= 0.6 is 0 Å². The lowest BCUT2D eigenvalue weighted by atomic mass is 10.1. The first-order valence-corrected chi connectivity index (χ1v) is 8.16. The number of methoxy groups -OCH3 is 1. The van der Waals surface area contributed by atoms with Crippen LogP contribution in [0.1, 0.15) is 37.0 Å². The summed E-state index contributed by atoms with van der Waals surface area (Å²) in [6.45, 7) is 5.91. The molecule has 0 aliphatic heterocycles. The number of primary sulfonamides is 1. The quantitative estimate of drug-likeness (QED) is 0.653. The van der Waals surface area contributed by atoms with Crippen molar-refractivity contribution in [3.63, 3.8) is 0 Å². The Morgan fingerprint density at radius 2 is 2.10 bits per heavy atom. The van der Waals surface area contributed by atoms with Crippen LogP contribution in [0.3, 0.4) is 0 Å². The fourth-order valence-electron chi connectivity index (χ4n) is 1.88. The van der Waals surface area contributed by atoms with Gasteiger partial charge in [0.1, 0.15) is 4.90 Å². The standard InChI is InChI=1S/C12H22N4O4S/c1-5-8-11(21(13,18)19)10(16-15-8)12(17)14-9(6-20-4)7(2)3/h7,9H,5-6H2,1-4H3,(H,14,17)(H,15,16)(H2,13,18,19). The molecule has 1 rings (SSSR count). The Kier molecular flexibility index (Phi) is 5.87. The first-order valence-electron chi connectivity index (χ1n) is 6.62. The number of nitrogens with two attached hydrogens (primary N) is 1. The number of aryl methyl sites for hydroxylation is 1. The minimum absolute atomic E-state index is 0.122. The number of aromatic amines is 1. The molecule has 0 fully saturated rings. The number of nitrogens with zero attached hydrogens (tertiary/aromatic N) is 1. The van der Waals surface area contributed by atoms with Gasteiger partial charge in [0.05, 0.1) is 18.3 Å². The number of hydrogen-bond donors (Lipinski definition) is 3. The fraction of sp³-hybridized carbons (Fsp3) is 0.667. The number of carbonyl (C=O) groups excluding carboxylic acids is 1. The average molecular weight is 318 g/mol. The lowest BCUT2D eigenvalue weighted by Crippen LogP contribution is -2.42. The maximum Gasteiger partial charge on any atom is 0.273 e. The molecule has 0 saturated heterocycles. The predicted octanol–water partition coefficient (Wildman–Crippen LogP) is 0.0203. The van der Waals surface area contributed by atoms with Crippen LogP contribution in [0, 0.1) is 5.92 Å². The molecule has 0 bridgehead atoms.